The molecule has 1 aromatic carbocycles. The van der Waals surface area contributed by atoms with Gasteiger partial charge >= 0.3 is 5.97 Å². The highest BCUT2D eigenvalue weighted by Crippen LogP contribution is 2.59. The normalized spacial score (nSPS) is 22.0. The van der Waals surface area contributed by atoms with Crippen molar-refractivity contribution in [3.8, 4) is 0 Å². The highest BCUT2D eigenvalue weighted by atomic mass is 19.2. The minimum Gasteiger partial charge on any atom is -0.460 e. The van der Waals surface area contributed by atoms with Crippen LogP contribution in [0.25, 0.3) is 0 Å². The molecule has 24 heavy (non-hydrogen) atoms. The van der Waals surface area contributed by atoms with Crippen molar-refractivity contribution in [2.75, 3.05) is 0 Å². The maximum absolute atomic E-state index is 13.8. The van der Waals surface area contributed by atoms with Crippen molar-refractivity contribution in [1.29, 1.82) is 0 Å². The lowest BCUT2D eigenvalue weighted by molar-refractivity contribution is -0.147. The zero-order valence-electron chi connectivity index (χ0n) is 12.9. The Morgan fingerprint density at radius 2 is 1.62 bits per heavy atom. The zero-order valence-corrected chi connectivity index (χ0v) is 12.9. The van der Waals surface area contributed by atoms with E-state index in [0.717, 1.165) is 0 Å². The highest BCUT2D eigenvalue weighted by Gasteiger charge is 2.61. The molecule has 0 radical (unpaired) electrons. The number of aliphatic hydroxyl groups is 1. The Labute approximate surface area is 134 Å². The summed E-state index contributed by atoms with van der Waals surface area (Å²) in [7, 11) is 0. The molecule has 0 bridgehead atoms. The molecule has 0 unspecified atom stereocenters. The van der Waals surface area contributed by atoms with Crippen LogP contribution < -0.4 is 0 Å². The summed E-state index contributed by atoms with van der Waals surface area (Å²) in [6.45, 7) is 1.12. The highest BCUT2D eigenvalue weighted by molar-refractivity contribution is 5.78. The number of carbonyl (C=O) groups excluding carboxylic acids is 1. The monoisotopic (exact) mass is 350 g/mol. The number of carbonyl (C=O) groups is 1. The van der Waals surface area contributed by atoms with Crippen molar-refractivity contribution in [1.82, 2.24) is 0 Å². The first kappa shape index (κ1) is 18.4. The molecule has 1 aliphatic carbocycles. The van der Waals surface area contributed by atoms with E-state index < -0.39 is 70.8 Å². The van der Waals surface area contributed by atoms with E-state index in [1.807, 2.05) is 0 Å². The molecule has 1 N–H and O–H groups in total. The lowest BCUT2D eigenvalue weighted by Crippen LogP contribution is -2.14. The van der Waals surface area contributed by atoms with E-state index in [-0.39, 0.29) is 6.33 Å². The number of ether oxygens (including phenoxy) is 1. The molecule has 1 saturated carbocycles. The third-order valence-corrected chi connectivity index (χ3v) is 4.41. The van der Waals surface area contributed by atoms with Crippen molar-refractivity contribution in [3.05, 3.63) is 46.8 Å². The molecule has 1 fully saturated rings. The van der Waals surface area contributed by atoms with Crippen molar-refractivity contribution in [2.45, 2.75) is 27.1 Å². The first-order chi connectivity index (χ1) is 11.2. The minimum absolute atomic E-state index is 0.289. The molecule has 0 aliphatic heterocycles. The number of esters is 1. The number of aliphatic hydroxyl groups excluding tert-OH is 1. The van der Waals surface area contributed by atoms with Gasteiger partial charge in [0.05, 0.1) is 30.0 Å². The van der Waals surface area contributed by atoms with E-state index in [0.29, 0.717) is 0 Å². The summed E-state index contributed by atoms with van der Waals surface area (Å²) in [6, 6.07) is 0. The van der Waals surface area contributed by atoms with Gasteiger partial charge < -0.3 is 9.84 Å². The fraction of sp³-hybridized carbons (Fsp3) is 0.438. The van der Waals surface area contributed by atoms with Crippen LogP contribution in [0.2, 0.25) is 0 Å². The van der Waals surface area contributed by atoms with Gasteiger partial charge in [-0.3, -0.25) is 4.79 Å². The number of allylic oxidation sites excluding steroid dienone is 1. The van der Waals surface area contributed by atoms with E-state index in [1.54, 1.807) is 13.8 Å². The zero-order chi connectivity index (χ0) is 18.2. The number of hydrogen-bond acceptors (Lipinski definition) is 3. The molecule has 2 rings (SSSR count). The Morgan fingerprint density at radius 1 is 1.12 bits per heavy atom. The van der Waals surface area contributed by atoms with E-state index in [4.69, 9.17) is 9.84 Å². The van der Waals surface area contributed by atoms with Crippen LogP contribution >= 0.6 is 0 Å². The van der Waals surface area contributed by atoms with Crippen LogP contribution in [0.1, 0.15) is 25.0 Å². The Bertz CT molecular complexity index is 670. The number of hydrogen-bond donors (Lipinski definition) is 1. The second kappa shape index (κ2) is 6.51. The number of benzene rings is 1. The third-order valence-electron chi connectivity index (χ3n) is 4.41. The Hall–Kier alpha value is -1.96. The van der Waals surface area contributed by atoms with Gasteiger partial charge in [0, 0.05) is 0 Å². The maximum Gasteiger partial charge on any atom is 0.310 e. The predicted molar refractivity (Wildman–Crippen MR) is 73.0 cm³/mol. The molecular weight excluding hydrogens is 335 g/mol. The Kier molecular flexibility index (Phi) is 4.98. The Morgan fingerprint density at radius 3 is 2.08 bits per heavy atom. The minimum atomic E-state index is -1.74. The second-order valence-corrected chi connectivity index (χ2v) is 6.12. The molecule has 3 nitrogen and oxygen atoms in total. The summed E-state index contributed by atoms with van der Waals surface area (Å²) in [5.74, 6) is -8.96. The van der Waals surface area contributed by atoms with E-state index in [2.05, 4.69) is 0 Å². The molecule has 0 spiro atoms. The molecule has 8 heteroatoms. The van der Waals surface area contributed by atoms with Gasteiger partial charge in [0.1, 0.15) is 6.61 Å². The summed E-state index contributed by atoms with van der Waals surface area (Å²) in [5.41, 5.74) is -2.82. The Balaban J connectivity index is 2.18. The standard InChI is InChI=1S/C16H15F5O3/c1-16(2)9(3-4-17)10(16)15(23)24-6-8-13(20)11(18)7(5-22)12(19)14(8)21/h3-4,9-10,22H,5-6H2,1-2H3/t9-,10+/m1/s1. The van der Waals surface area contributed by atoms with Gasteiger partial charge in [-0.25, -0.2) is 22.0 Å². The van der Waals surface area contributed by atoms with Gasteiger partial charge in [0.2, 0.25) is 0 Å². The van der Waals surface area contributed by atoms with Crippen molar-refractivity contribution >= 4 is 5.97 Å². The predicted octanol–water partition coefficient (Wildman–Crippen LogP) is 3.53. The maximum atomic E-state index is 13.8. The number of halogens is 5. The van der Waals surface area contributed by atoms with Crippen molar-refractivity contribution in [2.24, 2.45) is 17.3 Å². The lowest BCUT2D eigenvalue weighted by atomic mass is 10.1. The molecule has 0 aromatic heterocycles. The molecule has 0 saturated heterocycles. The second-order valence-electron chi connectivity index (χ2n) is 6.12. The van der Waals surface area contributed by atoms with E-state index in [1.165, 1.54) is 6.08 Å². The largest absolute Gasteiger partial charge is 0.460 e. The summed E-state index contributed by atoms with van der Waals surface area (Å²) in [5, 5.41) is 8.74. The topological polar surface area (TPSA) is 46.5 Å². The van der Waals surface area contributed by atoms with Crippen LogP contribution in [-0.4, -0.2) is 11.1 Å². The summed E-state index contributed by atoms with van der Waals surface area (Å²) in [4.78, 5) is 11.9. The van der Waals surface area contributed by atoms with Gasteiger partial charge in [-0.05, 0) is 11.3 Å². The molecule has 0 amide bonds. The van der Waals surface area contributed by atoms with Gasteiger partial charge in [-0.2, -0.15) is 0 Å². The van der Waals surface area contributed by atoms with Gasteiger partial charge in [-0.1, -0.05) is 19.9 Å². The van der Waals surface area contributed by atoms with Crippen LogP contribution in [-0.2, 0) is 22.7 Å². The van der Waals surface area contributed by atoms with Gasteiger partial charge in [0.15, 0.2) is 23.3 Å². The quantitative estimate of drug-likeness (QED) is 0.502. The van der Waals surface area contributed by atoms with E-state index in [9.17, 15) is 26.7 Å². The molecule has 1 aliphatic rings. The fourth-order valence-electron chi connectivity index (χ4n) is 2.79. The van der Waals surface area contributed by atoms with E-state index >= 15 is 0 Å². The smallest absolute Gasteiger partial charge is 0.310 e. The summed E-state index contributed by atoms with van der Waals surface area (Å²) in [6.07, 6.45) is 1.46. The molecular formula is C16H15F5O3. The van der Waals surface area contributed by atoms with Crippen LogP contribution in [0, 0.1) is 40.5 Å². The molecule has 2 atom stereocenters. The van der Waals surface area contributed by atoms with Crippen LogP contribution in [0.3, 0.4) is 0 Å². The molecule has 132 valence electrons. The third kappa shape index (κ3) is 2.90. The average Bonchev–Trinajstić information content (AvgIpc) is 3.07. The van der Waals surface area contributed by atoms with Crippen LogP contribution in [0.15, 0.2) is 12.4 Å². The fourth-order valence-corrected chi connectivity index (χ4v) is 2.79. The molecule has 1 aromatic rings. The van der Waals surface area contributed by atoms with Crippen LogP contribution in [0.5, 0.6) is 0 Å². The molecule has 0 heterocycles. The SMILES string of the molecule is CC1(C)[C@H](C=CF)[C@H]1C(=O)OCc1c(F)c(F)c(CO)c(F)c1F. The van der Waals surface area contributed by atoms with Crippen molar-refractivity contribution in [3.63, 3.8) is 0 Å². The lowest BCUT2D eigenvalue weighted by Gasteiger charge is -2.11. The van der Waals surface area contributed by atoms with Gasteiger partial charge in [-0.15, -0.1) is 0 Å². The van der Waals surface area contributed by atoms with Crippen molar-refractivity contribution < 1.29 is 36.6 Å². The summed E-state index contributed by atoms with van der Waals surface area (Å²) < 4.78 is 71.6. The first-order valence-corrected chi connectivity index (χ1v) is 7.06. The van der Waals surface area contributed by atoms with Gasteiger partial charge in [0.25, 0.3) is 0 Å². The average molecular weight is 350 g/mol. The van der Waals surface area contributed by atoms with Crippen LogP contribution in [0.4, 0.5) is 22.0 Å². The summed E-state index contributed by atoms with van der Waals surface area (Å²) >= 11 is 0. The number of rotatable bonds is 5. The first-order valence-electron chi connectivity index (χ1n) is 7.06.